The smallest absolute Gasteiger partial charge is 0.113 e. The first-order valence-electron chi connectivity index (χ1n) is 5.58. The van der Waals surface area contributed by atoms with Crippen molar-refractivity contribution in [2.75, 3.05) is 26.9 Å². The highest BCUT2D eigenvalue weighted by atomic mass is 16.6. The van der Waals surface area contributed by atoms with Crippen LogP contribution in [0, 0.1) is 0 Å². The van der Waals surface area contributed by atoms with Crippen LogP contribution < -0.4 is 0 Å². The third kappa shape index (κ3) is 8.71. The maximum Gasteiger partial charge on any atom is 0.113 e. The Kier molecular flexibility index (Phi) is 9.28. The van der Waals surface area contributed by atoms with Gasteiger partial charge in [0.05, 0.1) is 37.8 Å². The minimum absolute atomic E-state index is 0.0453. The van der Waals surface area contributed by atoms with Crippen LogP contribution in [0.1, 0.15) is 20.8 Å². The molecule has 0 spiro atoms. The summed E-state index contributed by atoms with van der Waals surface area (Å²) in [7, 11) is 1.67. The molecule has 0 fully saturated rings. The average molecular weight is 232 g/mol. The lowest BCUT2D eigenvalue weighted by Gasteiger charge is -2.18. The monoisotopic (exact) mass is 232 g/mol. The molecule has 0 amide bonds. The fourth-order valence-corrected chi connectivity index (χ4v) is 0.967. The SMILES string of the molecule is C=COCC(C)OCC(C)OCC(C)OC. The maximum atomic E-state index is 5.54. The van der Waals surface area contributed by atoms with E-state index in [1.807, 2.05) is 20.8 Å². The molecule has 0 aromatic rings. The summed E-state index contributed by atoms with van der Waals surface area (Å²) >= 11 is 0. The van der Waals surface area contributed by atoms with Crippen LogP contribution in [0.25, 0.3) is 0 Å². The van der Waals surface area contributed by atoms with Gasteiger partial charge in [0.1, 0.15) is 6.61 Å². The Morgan fingerprint density at radius 1 is 0.938 bits per heavy atom. The van der Waals surface area contributed by atoms with Crippen molar-refractivity contribution in [3.63, 3.8) is 0 Å². The summed E-state index contributed by atoms with van der Waals surface area (Å²) in [5, 5.41) is 0. The van der Waals surface area contributed by atoms with Crippen molar-refractivity contribution in [3.8, 4) is 0 Å². The molecule has 3 unspecified atom stereocenters. The predicted molar refractivity (Wildman–Crippen MR) is 63.4 cm³/mol. The molecular formula is C12H24O4. The first-order chi connectivity index (χ1) is 7.60. The van der Waals surface area contributed by atoms with E-state index in [0.29, 0.717) is 19.8 Å². The van der Waals surface area contributed by atoms with Crippen LogP contribution in [-0.2, 0) is 18.9 Å². The van der Waals surface area contributed by atoms with Crippen LogP contribution in [0.2, 0.25) is 0 Å². The Balaban J connectivity index is 3.48. The van der Waals surface area contributed by atoms with E-state index in [4.69, 9.17) is 18.9 Å². The fraction of sp³-hybridized carbons (Fsp3) is 0.833. The van der Waals surface area contributed by atoms with Crippen LogP contribution in [0.4, 0.5) is 0 Å². The van der Waals surface area contributed by atoms with Gasteiger partial charge in [0.2, 0.25) is 0 Å². The van der Waals surface area contributed by atoms with E-state index < -0.39 is 0 Å². The second-order valence-electron chi connectivity index (χ2n) is 3.83. The van der Waals surface area contributed by atoms with Crippen LogP contribution >= 0.6 is 0 Å². The maximum absolute atomic E-state index is 5.54. The number of rotatable bonds is 10. The van der Waals surface area contributed by atoms with E-state index in [2.05, 4.69) is 6.58 Å². The minimum Gasteiger partial charge on any atom is -0.499 e. The van der Waals surface area contributed by atoms with Gasteiger partial charge in [-0.25, -0.2) is 0 Å². The fourth-order valence-electron chi connectivity index (χ4n) is 0.967. The Bertz CT molecular complexity index is 172. The third-order valence-electron chi connectivity index (χ3n) is 2.08. The zero-order chi connectivity index (χ0) is 12.4. The highest BCUT2D eigenvalue weighted by Crippen LogP contribution is 1.99. The van der Waals surface area contributed by atoms with Crippen LogP contribution in [-0.4, -0.2) is 45.2 Å². The van der Waals surface area contributed by atoms with E-state index in [0.717, 1.165) is 0 Å². The minimum atomic E-state index is 0.0453. The molecule has 0 aliphatic heterocycles. The highest BCUT2D eigenvalue weighted by Gasteiger charge is 2.08. The lowest BCUT2D eigenvalue weighted by Crippen LogP contribution is -2.25. The molecule has 0 N–H and O–H groups in total. The number of hydrogen-bond acceptors (Lipinski definition) is 4. The summed E-state index contributed by atoms with van der Waals surface area (Å²) in [5.74, 6) is 0. The van der Waals surface area contributed by atoms with E-state index in [9.17, 15) is 0 Å². The van der Waals surface area contributed by atoms with E-state index >= 15 is 0 Å². The Labute approximate surface area is 98.5 Å². The zero-order valence-corrected chi connectivity index (χ0v) is 10.8. The zero-order valence-electron chi connectivity index (χ0n) is 10.8. The van der Waals surface area contributed by atoms with Gasteiger partial charge in [-0.05, 0) is 20.8 Å². The van der Waals surface area contributed by atoms with Crippen LogP contribution in [0.3, 0.4) is 0 Å². The van der Waals surface area contributed by atoms with Crippen LogP contribution in [0.15, 0.2) is 12.8 Å². The first-order valence-corrected chi connectivity index (χ1v) is 5.58. The van der Waals surface area contributed by atoms with Crippen molar-refractivity contribution in [2.45, 2.75) is 39.1 Å². The Morgan fingerprint density at radius 2 is 1.44 bits per heavy atom. The average Bonchev–Trinajstić information content (AvgIpc) is 2.30. The molecule has 0 bridgehead atoms. The summed E-state index contributed by atoms with van der Waals surface area (Å²) in [6.45, 7) is 11.0. The summed E-state index contributed by atoms with van der Waals surface area (Å²) in [6, 6.07) is 0. The summed E-state index contributed by atoms with van der Waals surface area (Å²) in [5.41, 5.74) is 0. The molecule has 0 aliphatic rings. The quantitative estimate of drug-likeness (QED) is 0.540. The molecule has 4 nitrogen and oxygen atoms in total. The number of ether oxygens (including phenoxy) is 4. The van der Waals surface area contributed by atoms with Crippen LogP contribution in [0.5, 0.6) is 0 Å². The van der Waals surface area contributed by atoms with Crippen molar-refractivity contribution < 1.29 is 18.9 Å². The molecule has 16 heavy (non-hydrogen) atoms. The summed E-state index contributed by atoms with van der Waals surface area (Å²) in [6.07, 6.45) is 1.64. The van der Waals surface area contributed by atoms with Gasteiger partial charge < -0.3 is 18.9 Å². The molecule has 3 atom stereocenters. The first kappa shape index (κ1) is 15.4. The standard InChI is InChI=1S/C12H24O4/c1-6-14-7-11(3)16-9-12(4)15-8-10(2)13-5/h6,10-12H,1,7-9H2,2-5H3. The summed E-state index contributed by atoms with van der Waals surface area (Å²) < 4.78 is 21.2. The lowest BCUT2D eigenvalue weighted by molar-refractivity contribution is -0.0686. The molecule has 0 aliphatic carbocycles. The molecule has 0 heterocycles. The van der Waals surface area contributed by atoms with E-state index in [1.165, 1.54) is 6.26 Å². The van der Waals surface area contributed by atoms with E-state index in [1.54, 1.807) is 7.11 Å². The van der Waals surface area contributed by atoms with Gasteiger partial charge in [0, 0.05) is 7.11 Å². The molecule has 0 radical (unpaired) electrons. The Morgan fingerprint density at radius 3 is 1.94 bits per heavy atom. The molecule has 96 valence electrons. The second-order valence-corrected chi connectivity index (χ2v) is 3.83. The number of methoxy groups -OCH3 is 1. The van der Waals surface area contributed by atoms with Crippen molar-refractivity contribution in [3.05, 3.63) is 12.8 Å². The molecule has 4 heteroatoms. The van der Waals surface area contributed by atoms with Gasteiger partial charge >= 0.3 is 0 Å². The summed E-state index contributed by atoms with van der Waals surface area (Å²) in [4.78, 5) is 0. The molecule has 0 aromatic carbocycles. The van der Waals surface area contributed by atoms with E-state index in [-0.39, 0.29) is 18.3 Å². The topological polar surface area (TPSA) is 36.9 Å². The largest absolute Gasteiger partial charge is 0.499 e. The van der Waals surface area contributed by atoms with Crippen molar-refractivity contribution in [2.24, 2.45) is 0 Å². The van der Waals surface area contributed by atoms with Gasteiger partial charge in [0.15, 0.2) is 0 Å². The third-order valence-corrected chi connectivity index (χ3v) is 2.08. The van der Waals surface area contributed by atoms with Crippen molar-refractivity contribution in [1.29, 1.82) is 0 Å². The molecule has 0 rings (SSSR count). The normalized spacial score (nSPS) is 16.5. The second kappa shape index (κ2) is 9.63. The highest BCUT2D eigenvalue weighted by molar-refractivity contribution is 4.56. The number of hydrogen-bond donors (Lipinski definition) is 0. The van der Waals surface area contributed by atoms with Gasteiger partial charge in [0.25, 0.3) is 0 Å². The lowest BCUT2D eigenvalue weighted by atomic mass is 10.4. The van der Waals surface area contributed by atoms with Gasteiger partial charge in [-0.2, -0.15) is 0 Å². The Hall–Kier alpha value is -0.580. The molecular weight excluding hydrogens is 208 g/mol. The van der Waals surface area contributed by atoms with Gasteiger partial charge in [-0.15, -0.1) is 0 Å². The van der Waals surface area contributed by atoms with Crippen molar-refractivity contribution >= 4 is 0 Å². The van der Waals surface area contributed by atoms with Gasteiger partial charge in [-0.1, -0.05) is 6.58 Å². The van der Waals surface area contributed by atoms with Gasteiger partial charge in [-0.3, -0.25) is 0 Å². The molecule has 0 saturated carbocycles. The predicted octanol–water partition coefficient (Wildman–Crippen LogP) is 1.99. The van der Waals surface area contributed by atoms with Crippen molar-refractivity contribution in [1.82, 2.24) is 0 Å². The molecule has 0 aromatic heterocycles. The molecule has 0 saturated heterocycles.